The van der Waals surface area contributed by atoms with Gasteiger partial charge in [0.05, 0.1) is 10.0 Å². The predicted octanol–water partition coefficient (Wildman–Crippen LogP) is 3.69. The van der Waals surface area contributed by atoms with Gasteiger partial charge in [0.25, 0.3) is 0 Å². The van der Waals surface area contributed by atoms with Gasteiger partial charge in [-0.25, -0.2) is 0 Å². The van der Waals surface area contributed by atoms with Crippen molar-refractivity contribution in [1.82, 2.24) is 4.98 Å². The average molecular weight is 364 g/mol. The number of primary amides is 1. The van der Waals surface area contributed by atoms with E-state index in [1.165, 1.54) is 12.1 Å². The van der Waals surface area contributed by atoms with Gasteiger partial charge in [0.15, 0.2) is 5.75 Å². The molecule has 2 amide bonds. The fraction of sp³-hybridized carbons (Fsp3) is 0. The van der Waals surface area contributed by atoms with Gasteiger partial charge in [0.2, 0.25) is 0 Å². The number of aromatic nitrogens is 1. The van der Waals surface area contributed by atoms with Crippen LogP contribution in [0.25, 0.3) is 10.9 Å². The summed E-state index contributed by atoms with van der Waals surface area (Å²) < 4.78 is 5.74. The van der Waals surface area contributed by atoms with E-state index in [4.69, 9.17) is 33.7 Å². The number of ether oxygens (including phenoxy) is 1. The van der Waals surface area contributed by atoms with E-state index < -0.39 is 11.8 Å². The van der Waals surface area contributed by atoms with Crippen molar-refractivity contribution in [3.63, 3.8) is 0 Å². The van der Waals surface area contributed by atoms with Gasteiger partial charge in [0.1, 0.15) is 5.75 Å². The van der Waals surface area contributed by atoms with Crippen molar-refractivity contribution in [3.05, 3.63) is 52.6 Å². The first-order valence-electron chi connectivity index (χ1n) is 6.79. The molecule has 0 radical (unpaired) electrons. The summed E-state index contributed by atoms with van der Waals surface area (Å²) in [5.74, 6) is -1.28. The number of H-pyrrole nitrogens is 1. The predicted molar refractivity (Wildman–Crippen MR) is 92.7 cm³/mol. The molecule has 122 valence electrons. The van der Waals surface area contributed by atoms with E-state index in [-0.39, 0.29) is 21.5 Å². The molecule has 0 unspecified atom stereocenters. The zero-order valence-electron chi connectivity index (χ0n) is 12.1. The number of carbonyl (C=O) groups excluding carboxylic acids is 2. The third kappa shape index (κ3) is 3.29. The normalized spacial score (nSPS) is 10.6. The summed E-state index contributed by atoms with van der Waals surface area (Å²) in [5, 5.41) is 3.62. The van der Waals surface area contributed by atoms with Crippen molar-refractivity contribution in [2.75, 3.05) is 5.32 Å². The highest BCUT2D eigenvalue weighted by Crippen LogP contribution is 2.39. The fourth-order valence-electron chi connectivity index (χ4n) is 2.13. The Morgan fingerprint density at radius 1 is 1.08 bits per heavy atom. The summed E-state index contributed by atoms with van der Waals surface area (Å²) in [6.07, 6.45) is 1.82. The quantitative estimate of drug-likeness (QED) is 0.619. The van der Waals surface area contributed by atoms with Gasteiger partial charge >= 0.3 is 11.8 Å². The zero-order chi connectivity index (χ0) is 17.3. The number of aromatic amines is 1. The van der Waals surface area contributed by atoms with Crippen LogP contribution >= 0.6 is 23.2 Å². The van der Waals surface area contributed by atoms with Crippen LogP contribution in [0.4, 0.5) is 5.69 Å². The molecule has 4 N–H and O–H groups in total. The molecule has 1 aromatic heterocycles. The number of rotatable bonds is 3. The SMILES string of the molecule is NC(=O)C(=O)Nc1cc(Cl)c(Oc2ccc3[nH]ccc3c2)c(Cl)c1. The van der Waals surface area contributed by atoms with Gasteiger partial charge in [-0.2, -0.15) is 0 Å². The number of halogens is 2. The first-order valence-corrected chi connectivity index (χ1v) is 7.54. The summed E-state index contributed by atoms with van der Waals surface area (Å²) in [6.45, 7) is 0. The van der Waals surface area contributed by atoms with Crippen LogP contribution in [0.2, 0.25) is 10.0 Å². The Morgan fingerprint density at radius 3 is 2.46 bits per heavy atom. The summed E-state index contributed by atoms with van der Waals surface area (Å²) in [6, 6.07) is 10.2. The number of carbonyl (C=O) groups is 2. The minimum atomic E-state index is -1.11. The second kappa shape index (κ2) is 6.43. The van der Waals surface area contributed by atoms with Gasteiger partial charge in [0, 0.05) is 22.8 Å². The lowest BCUT2D eigenvalue weighted by Gasteiger charge is -2.12. The fourth-order valence-corrected chi connectivity index (χ4v) is 2.70. The van der Waals surface area contributed by atoms with Crippen molar-refractivity contribution in [2.45, 2.75) is 0 Å². The van der Waals surface area contributed by atoms with Crippen molar-refractivity contribution in [2.24, 2.45) is 5.73 Å². The maximum atomic E-state index is 11.3. The molecular weight excluding hydrogens is 353 g/mol. The van der Waals surface area contributed by atoms with E-state index >= 15 is 0 Å². The number of amides is 2. The largest absolute Gasteiger partial charge is 0.454 e. The Labute approximate surface area is 146 Å². The highest BCUT2D eigenvalue weighted by atomic mass is 35.5. The van der Waals surface area contributed by atoms with E-state index in [0.29, 0.717) is 5.75 Å². The lowest BCUT2D eigenvalue weighted by Crippen LogP contribution is -2.29. The number of nitrogens with one attached hydrogen (secondary N) is 2. The van der Waals surface area contributed by atoms with Crippen LogP contribution in [0.15, 0.2) is 42.6 Å². The van der Waals surface area contributed by atoms with Gasteiger partial charge in [-0.1, -0.05) is 23.2 Å². The summed E-state index contributed by atoms with van der Waals surface area (Å²) in [4.78, 5) is 25.2. The molecule has 0 spiro atoms. The smallest absolute Gasteiger partial charge is 0.313 e. The molecule has 0 saturated heterocycles. The highest BCUT2D eigenvalue weighted by Gasteiger charge is 2.14. The number of fused-ring (bicyclic) bond motifs is 1. The zero-order valence-corrected chi connectivity index (χ0v) is 13.6. The lowest BCUT2D eigenvalue weighted by atomic mass is 10.2. The van der Waals surface area contributed by atoms with Crippen LogP contribution in [-0.2, 0) is 9.59 Å². The molecule has 0 aliphatic heterocycles. The van der Waals surface area contributed by atoms with Gasteiger partial charge in [-0.15, -0.1) is 0 Å². The molecule has 6 nitrogen and oxygen atoms in total. The van der Waals surface area contributed by atoms with E-state index in [0.717, 1.165) is 10.9 Å². The van der Waals surface area contributed by atoms with E-state index in [1.807, 2.05) is 24.4 Å². The van der Waals surface area contributed by atoms with Gasteiger partial charge in [-0.3, -0.25) is 9.59 Å². The van der Waals surface area contributed by atoms with Crippen molar-refractivity contribution in [3.8, 4) is 11.5 Å². The third-order valence-electron chi connectivity index (χ3n) is 3.22. The summed E-state index contributed by atoms with van der Waals surface area (Å²) >= 11 is 12.3. The first-order chi connectivity index (χ1) is 11.4. The molecular formula is C16H11Cl2N3O3. The van der Waals surface area contributed by atoms with Gasteiger partial charge < -0.3 is 20.8 Å². The first kappa shape index (κ1) is 16.2. The monoisotopic (exact) mass is 363 g/mol. The van der Waals surface area contributed by atoms with E-state index in [9.17, 15) is 9.59 Å². The number of anilines is 1. The average Bonchev–Trinajstić information content (AvgIpc) is 2.98. The van der Waals surface area contributed by atoms with Crippen LogP contribution in [0.3, 0.4) is 0 Å². The maximum absolute atomic E-state index is 11.3. The number of benzene rings is 2. The Bertz CT molecular complexity index is 930. The lowest BCUT2D eigenvalue weighted by molar-refractivity contribution is -0.134. The van der Waals surface area contributed by atoms with Crippen molar-refractivity contribution >= 4 is 51.6 Å². The number of hydrogen-bond donors (Lipinski definition) is 3. The molecule has 2 aromatic carbocycles. The molecule has 8 heteroatoms. The summed E-state index contributed by atoms with van der Waals surface area (Å²) in [7, 11) is 0. The Kier molecular flexibility index (Phi) is 4.33. The Morgan fingerprint density at radius 2 is 1.79 bits per heavy atom. The minimum absolute atomic E-state index is 0.177. The molecule has 24 heavy (non-hydrogen) atoms. The molecule has 0 aliphatic rings. The molecule has 0 atom stereocenters. The molecule has 1 heterocycles. The van der Waals surface area contributed by atoms with E-state index in [1.54, 1.807) is 6.07 Å². The number of hydrogen-bond acceptors (Lipinski definition) is 3. The van der Waals surface area contributed by atoms with Crippen molar-refractivity contribution < 1.29 is 14.3 Å². The van der Waals surface area contributed by atoms with Crippen LogP contribution in [0, 0.1) is 0 Å². The second-order valence-electron chi connectivity index (χ2n) is 4.92. The molecule has 0 fully saturated rings. The van der Waals surface area contributed by atoms with E-state index in [2.05, 4.69) is 10.3 Å². The highest BCUT2D eigenvalue weighted by molar-refractivity contribution is 6.40. The maximum Gasteiger partial charge on any atom is 0.313 e. The molecule has 3 rings (SSSR count). The Hall–Kier alpha value is -2.70. The van der Waals surface area contributed by atoms with Crippen molar-refractivity contribution in [1.29, 1.82) is 0 Å². The molecule has 0 saturated carbocycles. The van der Waals surface area contributed by atoms with Crippen LogP contribution in [0.1, 0.15) is 0 Å². The van der Waals surface area contributed by atoms with Crippen LogP contribution < -0.4 is 15.8 Å². The second-order valence-corrected chi connectivity index (χ2v) is 5.73. The Balaban J connectivity index is 1.87. The van der Waals surface area contributed by atoms with Gasteiger partial charge in [-0.05, 0) is 36.4 Å². The van der Waals surface area contributed by atoms with Crippen LogP contribution in [-0.4, -0.2) is 16.8 Å². The molecule has 3 aromatic rings. The van der Waals surface area contributed by atoms with Crippen LogP contribution in [0.5, 0.6) is 11.5 Å². The summed E-state index contributed by atoms with van der Waals surface area (Å²) in [5.41, 5.74) is 6.10. The number of nitrogens with two attached hydrogens (primary N) is 1. The standard InChI is InChI=1S/C16H11Cl2N3O3/c17-11-6-9(21-16(23)15(19)22)7-12(18)14(11)24-10-1-2-13-8(5-10)3-4-20-13/h1-7,20H,(H2,19,22)(H,21,23). The topological polar surface area (TPSA) is 97.2 Å². The molecule has 0 bridgehead atoms. The molecule has 0 aliphatic carbocycles. The third-order valence-corrected chi connectivity index (χ3v) is 3.79. The minimum Gasteiger partial charge on any atom is -0.454 e.